The van der Waals surface area contributed by atoms with E-state index in [1.807, 2.05) is 32.0 Å². The fourth-order valence-corrected chi connectivity index (χ4v) is 1.74. The molecule has 1 aromatic carbocycles. The molecule has 7 heteroatoms. The van der Waals surface area contributed by atoms with Crippen molar-refractivity contribution in [3.05, 3.63) is 35.3 Å². The van der Waals surface area contributed by atoms with Crippen LogP contribution in [0.3, 0.4) is 0 Å². The molecule has 0 aliphatic carbocycles. The number of anilines is 1. The van der Waals surface area contributed by atoms with Crippen LogP contribution < -0.4 is 10.1 Å². The van der Waals surface area contributed by atoms with Crippen LogP contribution in [0.1, 0.15) is 17.0 Å². The summed E-state index contributed by atoms with van der Waals surface area (Å²) in [5.74, 6) is 1.08. The van der Waals surface area contributed by atoms with Gasteiger partial charge in [-0.15, -0.1) is 10.2 Å². The van der Waals surface area contributed by atoms with E-state index in [-0.39, 0.29) is 5.82 Å². The number of tetrazole rings is 1. The molecule has 0 saturated carbocycles. The molecule has 0 spiro atoms. The number of nitrogens with one attached hydrogen (secondary N) is 2. The van der Waals surface area contributed by atoms with Crippen LogP contribution in [0.2, 0.25) is 0 Å². The van der Waals surface area contributed by atoms with E-state index in [1.165, 1.54) is 0 Å². The third-order valence-electron chi connectivity index (χ3n) is 2.82. The van der Waals surface area contributed by atoms with Crippen molar-refractivity contribution in [2.45, 2.75) is 13.8 Å². The number of aromatic amines is 1. The van der Waals surface area contributed by atoms with E-state index in [0.29, 0.717) is 5.57 Å². The molecule has 1 aromatic heterocycles. The average molecular weight is 270 g/mol. The van der Waals surface area contributed by atoms with Crippen molar-refractivity contribution in [2.24, 2.45) is 0 Å². The Balaban J connectivity index is 2.27. The molecule has 102 valence electrons. The molecule has 0 saturated heterocycles. The summed E-state index contributed by atoms with van der Waals surface area (Å²) in [6.45, 7) is 3.91. The van der Waals surface area contributed by atoms with Crippen molar-refractivity contribution in [3.8, 4) is 11.8 Å². The summed E-state index contributed by atoms with van der Waals surface area (Å²) >= 11 is 0. The number of hydrogen-bond donors (Lipinski definition) is 2. The number of benzene rings is 1. The summed E-state index contributed by atoms with van der Waals surface area (Å²) in [4.78, 5) is 0. The number of hydrogen-bond acceptors (Lipinski definition) is 6. The second-order valence-corrected chi connectivity index (χ2v) is 4.19. The first-order valence-electron chi connectivity index (χ1n) is 5.91. The minimum absolute atomic E-state index is 0.253. The normalized spacial score (nSPS) is 11.0. The Labute approximate surface area is 116 Å². The van der Waals surface area contributed by atoms with E-state index in [9.17, 15) is 0 Å². The van der Waals surface area contributed by atoms with Gasteiger partial charge in [-0.3, -0.25) is 0 Å². The molecule has 0 aliphatic heterocycles. The van der Waals surface area contributed by atoms with Crippen molar-refractivity contribution >= 4 is 11.3 Å². The van der Waals surface area contributed by atoms with Gasteiger partial charge in [0, 0.05) is 11.9 Å². The molecule has 7 nitrogen and oxygen atoms in total. The Morgan fingerprint density at radius 1 is 1.40 bits per heavy atom. The summed E-state index contributed by atoms with van der Waals surface area (Å²) < 4.78 is 5.26. The third-order valence-corrected chi connectivity index (χ3v) is 2.82. The number of allylic oxidation sites excluding steroid dienone is 1. The van der Waals surface area contributed by atoms with Crippen LogP contribution in [-0.4, -0.2) is 27.7 Å². The molecule has 0 unspecified atom stereocenters. The van der Waals surface area contributed by atoms with E-state index >= 15 is 0 Å². The molecule has 0 fully saturated rings. The highest BCUT2D eigenvalue weighted by atomic mass is 16.5. The molecular formula is C13H14N6O. The second-order valence-electron chi connectivity index (χ2n) is 4.19. The zero-order valence-corrected chi connectivity index (χ0v) is 11.4. The summed E-state index contributed by atoms with van der Waals surface area (Å²) in [7, 11) is 1.64. The van der Waals surface area contributed by atoms with Crippen molar-refractivity contribution in [2.75, 3.05) is 12.4 Å². The molecule has 2 aromatic rings. The maximum atomic E-state index is 9.08. The van der Waals surface area contributed by atoms with Gasteiger partial charge in [-0.2, -0.15) is 10.5 Å². The van der Waals surface area contributed by atoms with E-state index < -0.39 is 0 Å². The monoisotopic (exact) mass is 270 g/mol. The number of ether oxygens (including phenoxy) is 1. The van der Waals surface area contributed by atoms with Crippen LogP contribution in [0.5, 0.6) is 5.75 Å². The second kappa shape index (κ2) is 5.84. The predicted octanol–water partition coefficient (Wildman–Crippen LogP) is 1.80. The topological polar surface area (TPSA) is 99.5 Å². The smallest absolute Gasteiger partial charge is 0.216 e. The van der Waals surface area contributed by atoms with E-state index in [4.69, 9.17) is 10.00 Å². The summed E-state index contributed by atoms with van der Waals surface area (Å²) in [6, 6.07) is 5.91. The number of rotatable bonds is 4. The first-order chi connectivity index (χ1) is 9.65. The number of H-pyrrole nitrogens is 1. The molecule has 0 aliphatic rings. The minimum atomic E-state index is 0.253. The molecule has 2 rings (SSSR count). The number of aryl methyl sites for hydroxylation is 2. The first kappa shape index (κ1) is 13.5. The Morgan fingerprint density at radius 2 is 2.20 bits per heavy atom. The third kappa shape index (κ3) is 2.75. The van der Waals surface area contributed by atoms with Crippen LogP contribution in [0, 0.1) is 25.2 Å². The van der Waals surface area contributed by atoms with Crippen LogP contribution in [0.25, 0.3) is 5.57 Å². The van der Waals surface area contributed by atoms with E-state index in [1.54, 1.807) is 13.3 Å². The Bertz CT molecular complexity index is 669. The van der Waals surface area contributed by atoms with Gasteiger partial charge in [0.2, 0.25) is 5.82 Å². The Kier molecular flexibility index (Phi) is 3.96. The fraction of sp³-hybridized carbons (Fsp3) is 0.231. The van der Waals surface area contributed by atoms with Gasteiger partial charge in [0.1, 0.15) is 17.4 Å². The molecule has 2 N–H and O–H groups in total. The SMILES string of the molecule is COc1cc(C)c(NC=C(C#N)c2nn[nH]n2)cc1C. The van der Waals surface area contributed by atoms with Gasteiger partial charge in [-0.05, 0) is 42.3 Å². The van der Waals surface area contributed by atoms with Crippen molar-refractivity contribution < 1.29 is 4.74 Å². The van der Waals surface area contributed by atoms with Gasteiger partial charge in [0.05, 0.1) is 7.11 Å². The molecule has 0 radical (unpaired) electrons. The Morgan fingerprint density at radius 3 is 2.80 bits per heavy atom. The number of aromatic nitrogens is 4. The zero-order valence-electron chi connectivity index (χ0n) is 11.4. The van der Waals surface area contributed by atoms with Crippen molar-refractivity contribution in [1.29, 1.82) is 5.26 Å². The van der Waals surface area contributed by atoms with Crippen molar-refractivity contribution in [1.82, 2.24) is 20.6 Å². The molecule has 0 amide bonds. The van der Waals surface area contributed by atoms with E-state index in [2.05, 4.69) is 25.9 Å². The largest absolute Gasteiger partial charge is 0.496 e. The number of nitriles is 1. The highest BCUT2D eigenvalue weighted by molar-refractivity contribution is 5.74. The molecule has 0 bridgehead atoms. The van der Waals surface area contributed by atoms with Gasteiger partial charge in [0.25, 0.3) is 0 Å². The highest BCUT2D eigenvalue weighted by Gasteiger charge is 2.07. The quantitative estimate of drug-likeness (QED) is 0.822. The molecular weight excluding hydrogens is 256 g/mol. The maximum absolute atomic E-state index is 9.08. The summed E-state index contributed by atoms with van der Waals surface area (Å²) in [6.07, 6.45) is 1.55. The zero-order chi connectivity index (χ0) is 14.5. The lowest BCUT2D eigenvalue weighted by Gasteiger charge is -2.11. The van der Waals surface area contributed by atoms with Crippen LogP contribution in [-0.2, 0) is 0 Å². The van der Waals surface area contributed by atoms with Crippen molar-refractivity contribution in [3.63, 3.8) is 0 Å². The van der Waals surface area contributed by atoms with Gasteiger partial charge in [-0.1, -0.05) is 0 Å². The minimum Gasteiger partial charge on any atom is -0.496 e. The fourth-order valence-electron chi connectivity index (χ4n) is 1.74. The van der Waals surface area contributed by atoms with E-state index in [0.717, 1.165) is 22.6 Å². The van der Waals surface area contributed by atoms with Gasteiger partial charge >= 0.3 is 0 Å². The lowest BCUT2D eigenvalue weighted by Crippen LogP contribution is -1.97. The van der Waals surface area contributed by atoms with Crippen LogP contribution >= 0.6 is 0 Å². The standard InChI is InChI=1S/C13H14N6O/c1-8-5-12(20-3)9(2)4-11(8)15-7-10(6-14)13-16-18-19-17-13/h4-5,7,15H,1-3H3,(H,16,17,18,19). The molecule has 0 atom stereocenters. The Hall–Kier alpha value is -2.88. The highest BCUT2D eigenvalue weighted by Crippen LogP contribution is 2.26. The first-order valence-corrected chi connectivity index (χ1v) is 5.91. The van der Waals surface area contributed by atoms with Gasteiger partial charge in [0.15, 0.2) is 0 Å². The summed E-state index contributed by atoms with van der Waals surface area (Å²) in [5.41, 5.74) is 3.20. The molecule has 1 heterocycles. The average Bonchev–Trinajstić information content (AvgIpc) is 2.96. The predicted molar refractivity (Wildman–Crippen MR) is 73.9 cm³/mol. The lowest BCUT2D eigenvalue weighted by molar-refractivity contribution is 0.411. The summed E-state index contributed by atoms with van der Waals surface area (Å²) in [5, 5.41) is 25.4. The molecule has 20 heavy (non-hydrogen) atoms. The lowest BCUT2D eigenvalue weighted by atomic mass is 10.1. The maximum Gasteiger partial charge on any atom is 0.216 e. The number of nitrogens with zero attached hydrogens (tertiary/aromatic N) is 4. The van der Waals surface area contributed by atoms with Gasteiger partial charge in [-0.25, -0.2) is 0 Å². The van der Waals surface area contributed by atoms with Crippen LogP contribution in [0.4, 0.5) is 5.69 Å². The number of methoxy groups -OCH3 is 1. The van der Waals surface area contributed by atoms with Gasteiger partial charge < -0.3 is 10.1 Å². The van der Waals surface area contributed by atoms with Crippen LogP contribution in [0.15, 0.2) is 18.3 Å².